The molecule has 1 aliphatic heterocycles. The minimum absolute atomic E-state index is 0.0883. The summed E-state index contributed by atoms with van der Waals surface area (Å²) in [6.07, 6.45) is 0. The fourth-order valence-electron chi connectivity index (χ4n) is 3.46. The van der Waals surface area contributed by atoms with E-state index in [9.17, 15) is 13.2 Å². The Kier molecular flexibility index (Phi) is 4.42. The minimum Gasteiger partial charge on any atom is -0.308 e. The normalized spacial score (nSPS) is 13.6. The maximum atomic E-state index is 13.0. The van der Waals surface area contributed by atoms with Gasteiger partial charge in [0.15, 0.2) is 0 Å². The van der Waals surface area contributed by atoms with Crippen LogP contribution in [0.25, 0.3) is 10.8 Å². The Hall–Kier alpha value is -2.41. The van der Waals surface area contributed by atoms with Gasteiger partial charge in [0, 0.05) is 34.4 Å². The third-order valence-electron chi connectivity index (χ3n) is 4.76. The van der Waals surface area contributed by atoms with E-state index in [1.165, 1.54) is 0 Å². The SMILES string of the molecule is CCN1C(=O)c2cccc3c(S(=O)(=O)NCc4ccccc4Cl)ccc1c23. The van der Waals surface area contributed by atoms with Crippen LogP contribution < -0.4 is 9.62 Å². The van der Waals surface area contributed by atoms with E-state index < -0.39 is 10.0 Å². The lowest BCUT2D eigenvalue weighted by molar-refractivity contribution is 0.0994. The van der Waals surface area contributed by atoms with E-state index in [4.69, 9.17) is 11.6 Å². The van der Waals surface area contributed by atoms with E-state index in [1.807, 2.05) is 6.92 Å². The van der Waals surface area contributed by atoms with Crippen LogP contribution in [0.3, 0.4) is 0 Å². The van der Waals surface area contributed by atoms with Gasteiger partial charge in [0.25, 0.3) is 5.91 Å². The molecule has 7 heteroatoms. The highest BCUT2D eigenvalue weighted by Crippen LogP contribution is 2.39. The van der Waals surface area contributed by atoms with Crippen LogP contribution in [0, 0.1) is 0 Å². The molecular weight excluding hydrogens is 384 g/mol. The first-order chi connectivity index (χ1) is 12.9. The first kappa shape index (κ1) is 18.0. The highest BCUT2D eigenvalue weighted by Gasteiger charge is 2.31. The first-order valence-corrected chi connectivity index (χ1v) is 10.4. The van der Waals surface area contributed by atoms with E-state index in [-0.39, 0.29) is 17.3 Å². The molecule has 0 saturated carbocycles. The number of anilines is 1. The van der Waals surface area contributed by atoms with Crippen molar-refractivity contribution in [2.75, 3.05) is 11.4 Å². The molecule has 3 aromatic carbocycles. The summed E-state index contributed by atoms with van der Waals surface area (Å²) in [6.45, 7) is 2.51. The molecule has 0 unspecified atom stereocenters. The van der Waals surface area contributed by atoms with Gasteiger partial charge >= 0.3 is 0 Å². The van der Waals surface area contributed by atoms with Gasteiger partial charge in [-0.05, 0) is 36.8 Å². The van der Waals surface area contributed by atoms with E-state index in [1.54, 1.807) is 59.5 Å². The monoisotopic (exact) mass is 400 g/mol. The van der Waals surface area contributed by atoms with Crippen molar-refractivity contribution in [3.8, 4) is 0 Å². The fourth-order valence-corrected chi connectivity index (χ4v) is 4.87. The van der Waals surface area contributed by atoms with Crippen molar-refractivity contribution in [1.82, 2.24) is 4.72 Å². The first-order valence-electron chi connectivity index (χ1n) is 8.54. The van der Waals surface area contributed by atoms with E-state index >= 15 is 0 Å². The standard InChI is InChI=1S/C20H17ClN2O3S/c1-2-23-17-10-11-18(14-7-5-8-15(19(14)17)20(23)24)27(25,26)22-12-13-6-3-4-9-16(13)21/h3-11,22H,2,12H2,1H3. The van der Waals surface area contributed by atoms with Gasteiger partial charge in [0.1, 0.15) is 0 Å². The molecule has 0 aromatic heterocycles. The molecule has 1 aliphatic rings. The summed E-state index contributed by atoms with van der Waals surface area (Å²) in [7, 11) is -3.79. The number of carbonyl (C=O) groups is 1. The van der Waals surface area contributed by atoms with E-state index in [0.29, 0.717) is 33.5 Å². The van der Waals surface area contributed by atoms with Gasteiger partial charge in [-0.2, -0.15) is 0 Å². The number of rotatable bonds is 5. The largest absolute Gasteiger partial charge is 0.308 e. The van der Waals surface area contributed by atoms with Crippen LogP contribution in [0.4, 0.5) is 5.69 Å². The summed E-state index contributed by atoms with van der Waals surface area (Å²) in [4.78, 5) is 14.4. The number of nitrogens with zero attached hydrogens (tertiary/aromatic N) is 1. The highest BCUT2D eigenvalue weighted by atomic mass is 35.5. The number of hydrogen-bond acceptors (Lipinski definition) is 3. The van der Waals surface area contributed by atoms with Crippen LogP contribution >= 0.6 is 11.6 Å². The zero-order valence-corrected chi connectivity index (χ0v) is 16.1. The molecular formula is C20H17ClN2O3S. The predicted octanol–water partition coefficient (Wildman–Crippen LogP) is 3.95. The van der Waals surface area contributed by atoms with Gasteiger partial charge in [-0.3, -0.25) is 4.79 Å². The molecule has 0 spiro atoms. The van der Waals surface area contributed by atoms with Gasteiger partial charge in [0.2, 0.25) is 10.0 Å². The third kappa shape index (κ3) is 2.90. The van der Waals surface area contributed by atoms with Crippen molar-refractivity contribution in [1.29, 1.82) is 0 Å². The molecule has 4 rings (SSSR count). The number of nitrogens with one attached hydrogen (secondary N) is 1. The minimum atomic E-state index is -3.79. The molecule has 27 heavy (non-hydrogen) atoms. The topological polar surface area (TPSA) is 66.5 Å². The number of carbonyl (C=O) groups excluding carboxylic acids is 1. The number of amides is 1. The van der Waals surface area contributed by atoms with Crippen LogP contribution in [-0.2, 0) is 16.6 Å². The molecule has 1 heterocycles. The zero-order chi connectivity index (χ0) is 19.2. The quantitative estimate of drug-likeness (QED) is 0.705. The second-order valence-corrected chi connectivity index (χ2v) is 8.42. The molecule has 138 valence electrons. The lowest BCUT2D eigenvalue weighted by Gasteiger charge is -2.15. The summed E-state index contributed by atoms with van der Waals surface area (Å²) in [5, 5.41) is 1.73. The molecule has 3 aromatic rings. The molecule has 0 saturated heterocycles. The summed E-state index contributed by atoms with van der Waals surface area (Å²) < 4.78 is 28.5. The smallest absolute Gasteiger partial charge is 0.258 e. The number of halogens is 1. The third-order valence-corrected chi connectivity index (χ3v) is 6.59. The van der Waals surface area contributed by atoms with Crippen LogP contribution in [-0.4, -0.2) is 20.9 Å². The predicted molar refractivity (Wildman–Crippen MR) is 107 cm³/mol. The Bertz CT molecular complexity index is 1180. The molecule has 5 nitrogen and oxygen atoms in total. The average Bonchev–Trinajstić information content (AvgIpc) is 2.94. The van der Waals surface area contributed by atoms with Gasteiger partial charge in [-0.1, -0.05) is 41.9 Å². The summed E-state index contributed by atoms with van der Waals surface area (Å²) in [5.74, 6) is -0.100. The highest BCUT2D eigenvalue weighted by molar-refractivity contribution is 7.89. The maximum absolute atomic E-state index is 13.0. The van der Waals surface area contributed by atoms with Crippen molar-refractivity contribution in [3.05, 3.63) is 70.7 Å². The Morgan fingerprint density at radius 1 is 1.04 bits per heavy atom. The van der Waals surface area contributed by atoms with Crippen molar-refractivity contribution >= 4 is 44.0 Å². The van der Waals surface area contributed by atoms with E-state index in [0.717, 1.165) is 5.69 Å². The van der Waals surface area contributed by atoms with Crippen molar-refractivity contribution in [2.45, 2.75) is 18.4 Å². The average molecular weight is 401 g/mol. The van der Waals surface area contributed by atoms with Crippen LogP contribution in [0.2, 0.25) is 5.02 Å². The van der Waals surface area contributed by atoms with Crippen molar-refractivity contribution < 1.29 is 13.2 Å². The van der Waals surface area contributed by atoms with Crippen molar-refractivity contribution in [2.24, 2.45) is 0 Å². The second kappa shape index (κ2) is 6.64. The van der Waals surface area contributed by atoms with Gasteiger partial charge in [-0.15, -0.1) is 0 Å². The van der Waals surface area contributed by atoms with E-state index in [2.05, 4.69) is 4.72 Å². The molecule has 0 atom stereocenters. The lowest BCUT2D eigenvalue weighted by Crippen LogP contribution is -2.26. The summed E-state index contributed by atoms with van der Waals surface area (Å²) in [6, 6.07) is 15.5. The Balaban J connectivity index is 1.78. The van der Waals surface area contributed by atoms with Crippen molar-refractivity contribution in [3.63, 3.8) is 0 Å². The summed E-state index contributed by atoms with van der Waals surface area (Å²) in [5.41, 5.74) is 1.98. The fraction of sp³-hybridized carbons (Fsp3) is 0.150. The van der Waals surface area contributed by atoms with Crippen LogP contribution in [0.5, 0.6) is 0 Å². The molecule has 0 fully saturated rings. The maximum Gasteiger partial charge on any atom is 0.258 e. The van der Waals surface area contributed by atoms with Gasteiger partial charge in [0.05, 0.1) is 10.6 Å². The number of sulfonamides is 1. The Morgan fingerprint density at radius 2 is 1.81 bits per heavy atom. The van der Waals surface area contributed by atoms with Gasteiger partial charge in [-0.25, -0.2) is 13.1 Å². The zero-order valence-electron chi connectivity index (χ0n) is 14.6. The lowest BCUT2D eigenvalue weighted by atomic mass is 10.1. The Labute approximate surface area is 162 Å². The van der Waals surface area contributed by atoms with Crippen LogP contribution in [0.1, 0.15) is 22.8 Å². The number of benzene rings is 3. The molecule has 1 amide bonds. The molecule has 0 aliphatic carbocycles. The number of hydrogen-bond donors (Lipinski definition) is 1. The Morgan fingerprint density at radius 3 is 2.56 bits per heavy atom. The van der Waals surface area contributed by atoms with Crippen LogP contribution in [0.15, 0.2) is 59.5 Å². The molecule has 1 N–H and O–H groups in total. The summed E-state index contributed by atoms with van der Waals surface area (Å²) >= 11 is 6.11. The second-order valence-electron chi connectivity index (χ2n) is 6.28. The molecule has 0 bridgehead atoms. The molecule has 0 radical (unpaired) electrons. The van der Waals surface area contributed by atoms with Gasteiger partial charge < -0.3 is 4.90 Å².